The minimum atomic E-state index is 0.509. The highest BCUT2D eigenvalue weighted by molar-refractivity contribution is 7.80. The van der Waals surface area contributed by atoms with Crippen molar-refractivity contribution >= 4 is 23.0 Å². The molecule has 2 N–H and O–H groups in total. The molecule has 0 saturated heterocycles. The Morgan fingerprint density at radius 1 is 1.07 bits per heavy atom. The Balaban J connectivity index is 1.69. The van der Waals surface area contributed by atoms with Crippen LogP contribution in [0.1, 0.15) is 17.0 Å². The maximum atomic E-state index is 5.45. The molecule has 0 fully saturated rings. The molecule has 0 spiro atoms. The number of aromatic nitrogens is 2. The lowest BCUT2D eigenvalue weighted by Crippen LogP contribution is -2.28. The smallest absolute Gasteiger partial charge is 0.171 e. The summed E-state index contributed by atoms with van der Waals surface area (Å²) in [6, 6.07) is 15.6. The molecule has 0 aliphatic rings. The van der Waals surface area contributed by atoms with Gasteiger partial charge in [-0.2, -0.15) is 5.10 Å². The van der Waals surface area contributed by atoms with Gasteiger partial charge in [0.2, 0.25) is 0 Å². The molecule has 28 heavy (non-hydrogen) atoms. The molecule has 0 amide bonds. The van der Waals surface area contributed by atoms with Gasteiger partial charge in [0, 0.05) is 23.9 Å². The molecule has 146 valence electrons. The van der Waals surface area contributed by atoms with E-state index < -0.39 is 0 Å². The Bertz CT molecular complexity index is 970. The van der Waals surface area contributed by atoms with Crippen LogP contribution < -0.4 is 20.1 Å². The van der Waals surface area contributed by atoms with Gasteiger partial charge in [-0.15, -0.1) is 0 Å². The third-order valence-corrected chi connectivity index (χ3v) is 4.77. The van der Waals surface area contributed by atoms with E-state index in [0.717, 1.165) is 34.1 Å². The number of aryl methyl sites for hydroxylation is 1. The number of hydrogen-bond donors (Lipinski definition) is 2. The molecule has 3 rings (SSSR count). The summed E-state index contributed by atoms with van der Waals surface area (Å²) in [5.74, 6) is 1.38. The summed E-state index contributed by atoms with van der Waals surface area (Å²) >= 11 is 5.45. The van der Waals surface area contributed by atoms with Gasteiger partial charge >= 0.3 is 0 Å². The molecule has 1 aromatic heterocycles. The zero-order valence-electron chi connectivity index (χ0n) is 16.4. The zero-order valence-corrected chi connectivity index (χ0v) is 17.3. The van der Waals surface area contributed by atoms with Crippen molar-refractivity contribution in [3.05, 3.63) is 65.5 Å². The predicted octanol–water partition coefficient (Wildman–Crippen LogP) is 3.99. The number of anilines is 1. The summed E-state index contributed by atoms with van der Waals surface area (Å²) < 4.78 is 12.6. The summed E-state index contributed by atoms with van der Waals surface area (Å²) in [5, 5.41) is 11.6. The first-order valence-corrected chi connectivity index (χ1v) is 9.31. The van der Waals surface area contributed by atoms with E-state index in [1.807, 2.05) is 60.1 Å². The lowest BCUT2D eigenvalue weighted by molar-refractivity contribution is 0.395. The summed E-state index contributed by atoms with van der Waals surface area (Å²) in [6.45, 7) is 4.65. The Labute approximate surface area is 170 Å². The third-order valence-electron chi connectivity index (χ3n) is 4.52. The van der Waals surface area contributed by atoms with E-state index in [1.54, 1.807) is 14.2 Å². The van der Waals surface area contributed by atoms with Gasteiger partial charge in [0.05, 0.1) is 31.3 Å². The number of methoxy groups -OCH3 is 2. The molecule has 6 nitrogen and oxygen atoms in total. The topological polar surface area (TPSA) is 60.3 Å². The number of para-hydroxylation sites is 1. The van der Waals surface area contributed by atoms with Gasteiger partial charge in [0.15, 0.2) is 5.11 Å². The first-order chi connectivity index (χ1) is 13.5. The van der Waals surface area contributed by atoms with Crippen molar-refractivity contribution in [3.63, 3.8) is 0 Å². The monoisotopic (exact) mass is 396 g/mol. The number of ether oxygens (including phenoxy) is 2. The van der Waals surface area contributed by atoms with Crippen LogP contribution in [0.15, 0.2) is 48.5 Å². The number of rotatable bonds is 6. The molecule has 2 aromatic carbocycles. The average molecular weight is 397 g/mol. The predicted molar refractivity (Wildman–Crippen MR) is 116 cm³/mol. The Kier molecular flexibility index (Phi) is 6.16. The number of thiocarbonyl (C=S) groups is 1. The van der Waals surface area contributed by atoms with Crippen LogP contribution in [0, 0.1) is 13.8 Å². The van der Waals surface area contributed by atoms with Crippen LogP contribution >= 0.6 is 12.2 Å². The zero-order chi connectivity index (χ0) is 20.1. The average Bonchev–Trinajstić information content (AvgIpc) is 3.01. The maximum Gasteiger partial charge on any atom is 0.171 e. The highest BCUT2D eigenvalue weighted by Gasteiger charge is 2.13. The van der Waals surface area contributed by atoms with Crippen molar-refractivity contribution in [2.24, 2.45) is 0 Å². The fraction of sp³-hybridized carbons (Fsp3) is 0.238. The van der Waals surface area contributed by atoms with Gasteiger partial charge in [-0.3, -0.25) is 0 Å². The van der Waals surface area contributed by atoms with E-state index in [1.165, 1.54) is 0 Å². The van der Waals surface area contributed by atoms with E-state index in [2.05, 4.69) is 22.7 Å². The minimum Gasteiger partial charge on any atom is -0.497 e. The first kappa shape index (κ1) is 19.7. The third kappa shape index (κ3) is 4.26. The van der Waals surface area contributed by atoms with Crippen molar-refractivity contribution < 1.29 is 9.47 Å². The summed E-state index contributed by atoms with van der Waals surface area (Å²) in [4.78, 5) is 0. The normalized spacial score (nSPS) is 10.4. The minimum absolute atomic E-state index is 0.509. The van der Waals surface area contributed by atoms with Crippen LogP contribution in [0.2, 0.25) is 0 Å². The summed E-state index contributed by atoms with van der Waals surface area (Å²) in [6.07, 6.45) is 0. The van der Waals surface area contributed by atoms with Crippen molar-refractivity contribution in [2.45, 2.75) is 20.4 Å². The second-order valence-corrected chi connectivity index (χ2v) is 6.68. The Hall–Kier alpha value is -3.06. The van der Waals surface area contributed by atoms with Crippen molar-refractivity contribution in [1.82, 2.24) is 15.1 Å². The Morgan fingerprint density at radius 3 is 2.50 bits per heavy atom. The number of nitrogens with zero attached hydrogens (tertiary/aromatic N) is 2. The van der Waals surface area contributed by atoms with Crippen LogP contribution in [-0.4, -0.2) is 29.1 Å². The molecule has 7 heteroatoms. The van der Waals surface area contributed by atoms with Crippen LogP contribution in [0.25, 0.3) is 5.69 Å². The molecule has 0 bridgehead atoms. The van der Waals surface area contributed by atoms with Crippen LogP contribution in [-0.2, 0) is 6.54 Å². The highest BCUT2D eigenvalue weighted by atomic mass is 32.1. The SMILES string of the molecule is COc1ccc(NC(=S)NCc2c(C)nn(-c3ccccc3)c2C)c(OC)c1. The second-order valence-electron chi connectivity index (χ2n) is 6.27. The number of hydrogen-bond acceptors (Lipinski definition) is 4. The molecule has 0 unspecified atom stereocenters. The van der Waals surface area contributed by atoms with Gasteiger partial charge in [0.25, 0.3) is 0 Å². The molecule has 0 atom stereocenters. The molecular weight excluding hydrogens is 372 g/mol. The molecule has 3 aromatic rings. The van der Waals surface area contributed by atoms with E-state index in [-0.39, 0.29) is 0 Å². The van der Waals surface area contributed by atoms with E-state index in [0.29, 0.717) is 17.4 Å². The molecule has 1 heterocycles. The van der Waals surface area contributed by atoms with Gasteiger partial charge in [-0.1, -0.05) is 18.2 Å². The van der Waals surface area contributed by atoms with Gasteiger partial charge in [-0.05, 0) is 50.3 Å². The van der Waals surface area contributed by atoms with E-state index in [9.17, 15) is 0 Å². The fourth-order valence-electron chi connectivity index (χ4n) is 2.99. The van der Waals surface area contributed by atoms with Crippen LogP contribution in [0.3, 0.4) is 0 Å². The molecule has 0 saturated carbocycles. The summed E-state index contributed by atoms with van der Waals surface area (Å²) in [5.41, 5.74) is 4.99. The van der Waals surface area contributed by atoms with Gasteiger partial charge in [-0.25, -0.2) is 4.68 Å². The fourth-order valence-corrected chi connectivity index (χ4v) is 3.17. The summed E-state index contributed by atoms with van der Waals surface area (Å²) in [7, 11) is 3.23. The Morgan fingerprint density at radius 2 is 1.82 bits per heavy atom. The van der Waals surface area contributed by atoms with Crippen molar-refractivity contribution in [1.29, 1.82) is 0 Å². The van der Waals surface area contributed by atoms with E-state index >= 15 is 0 Å². The maximum absolute atomic E-state index is 5.45. The van der Waals surface area contributed by atoms with E-state index in [4.69, 9.17) is 21.7 Å². The molecule has 0 aliphatic carbocycles. The second kappa shape index (κ2) is 8.75. The molecular formula is C21H24N4O2S. The lowest BCUT2D eigenvalue weighted by atomic mass is 10.2. The molecule has 0 radical (unpaired) electrons. The van der Waals surface area contributed by atoms with Gasteiger partial charge in [0.1, 0.15) is 11.5 Å². The quantitative estimate of drug-likeness (QED) is 0.615. The van der Waals surface area contributed by atoms with Crippen LogP contribution in [0.5, 0.6) is 11.5 Å². The lowest BCUT2D eigenvalue weighted by Gasteiger charge is -2.14. The van der Waals surface area contributed by atoms with Gasteiger partial charge < -0.3 is 20.1 Å². The van der Waals surface area contributed by atoms with Crippen molar-refractivity contribution in [2.75, 3.05) is 19.5 Å². The molecule has 0 aliphatic heterocycles. The largest absolute Gasteiger partial charge is 0.497 e. The highest BCUT2D eigenvalue weighted by Crippen LogP contribution is 2.29. The standard InChI is InChI=1S/C21H24N4O2S/c1-14-18(15(2)25(24-14)16-8-6-5-7-9-16)13-22-21(28)23-19-11-10-17(26-3)12-20(19)27-4/h5-12H,13H2,1-4H3,(H2,22,23,28). The number of benzene rings is 2. The number of nitrogens with one attached hydrogen (secondary N) is 2. The first-order valence-electron chi connectivity index (χ1n) is 8.91. The van der Waals surface area contributed by atoms with Crippen molar-refractivity contribution in [3.8, 4) is 17.2 Å². The van der Waals surface area contributed by atoms with Crippen LogP contribution in [0.4, 0.5) is 5.69 Å².